The van der Waals surface area contributed by atoms with Crippen molar-refractivity contribution in [1.82, 2.24) is 0 Å². The van der Waals surface area contributed by atoms with E-state index >= 15 is 0 Å². The lowest BCUT2D eigenvalue weighted by Crippen LogP contribution is -2.71. The number of alkyl halides is 13. The standard InChI is InChI=1S/C22H17S.C6HF13O3S/c1-3-12-19(13-4-1)23(20-14-5-2-6-15-20)22-17-9-11-18-10-7-8-16-21(18)22;7-1(8,3(11,12)5(15,16)17)2(9,10)4(13,14)6(18,19)23(20,21)22/h1-17H;(H,20,21,22)/q+1;/p-1. The fourth-order valence-corrected chi connectivity index (χ4v) is 6.49. The Morgan fingerprint density at radius 2 is 0.870 bits per heavy atom. The van der Waals surface area contributed by atoms with Gasteiger partial charge >= 0.3 is 35.1 Å². The minimum Gasteiger partial charge on any atom is -0.743 e. The second-order valence-electron chi connectivity index (χ2n) is 9.18. The molecule has 0 atom stereocenters. The maximum atomic E-state index is 12.7. The fourth-order valence-electron chi connectivity index (χ4n) is 3.79. The molecule has 0 heterocycles. The highest BCUT2D eigenvalue weighted by atomic mass is 32.2. The van der Waals surface area contributed by atoms with E-state index in [4.69, 9.17) is 0 Å². The van der Waals surface area contributed by atoms with Crippen LogP contribution in [0, 0.1) is 0 Å². The summed E-state index contributed by atoms with van der Waals surface area (Å²) >= 11 is 0. The molecule has 0 N–H and O–H groups in total. The number of hydrogen-bond donors (Lipinski definition) is 0. The summed E-state index contributed by atoms with van der Waals surface area (Å²) < 4.78 is 189. The highest BCUT2D eigenvalue weighted by Crippen LogP contribution is 2.60. The van der Waals surface area contributed by atoms with Crippen LogP contribution in [-0.4, -0.2) is 48.1 Å². The zero-order valence-electron chi connectivity index (χ0n) is 22.3. The number of fused-ring (bicyclic) bond motifs is 1. The zero-order chi connectivity index (χ0) is 35.0. The van der Waals surface area contributed by atoms with E-state index in [2.05, 4.69) is 103 Å². The average molecular weight is 713 g/mol. The number of hydrogen-bond acceptors (Lipinski definition) is 3. The summed E-state index contributed by atoms with van der Waals surface area (Å²) in [6.45, 7) is 0. The molecular formula is C28H17F13O3S2. The number of rotatable bonds is 8. The molecule has 3 nitrogen and oxygen atoms in total. The van der Waals surface area contributed by atoms with Gasteiger partial charge < -0.3 is 4.55 Å². The first-order chi connectivity index (χ1) is 20.9. The average Bonchev–Trinajstić information content (AvgIpc) is 2.97. The van der Waals surface area contributed by atoms with Crippen LogP contribution in [0.2, 0.25) is 0 Å². The minimum absolute atomic E-state index is 0.0892. The Hall–Kier alpha value is -3.51. The van der Waals surface area contributed by atoms with E-state index < -0.39 is 45.2 Å². The van der Waals surface area contributed by atoms with Gasteiger partial charge in [0.15, 0.2) is 24.8 Å². The van der Waals surface area contributed by atoms with Crippen molar-refractivity contribution >= 4 is 31.8 Å². The third-order valence-corrected chi connectivity index (χ3v) is 9.31. The first-order valence-electron chi connectivity index (χ1n) is 12.2. The molecule has 0 aliphatic rings. The van der Waals surface area contributed by atoms with Gasteiger partial charge in [0.1, 0.15) is 0 Å². The van der Waals surface area contributed by atoms with Gasteiger partial charge in [0.05, 0.1) is 10.9 Å². The van der Waals surface area contributed by atoms with Crippen molar-refractivity contribution in [2.45, 2.75) is 49.8 Å². The summed E-state index contributed by atoms with van der Waals surface area (Å²) in [6.07, 6.45) is -7.61. The third-order valence-electron chi connectivity index (χ3n) is 6.15. The SMILES string of the molecule is O=S(=O)([O-])C(F)(F)C(F)(F)C(F)(F)C(F)(F)C(F)(F)C(F)(F)F.c1ccc([S+](c2ccccc2)c2cccc3ccccc23)cc1. The summed E-state index contributed by atoms with van der Waals surface area (Å²) in [5.41, 5.74) is 0. The number of halogens is 13. The van der Waals surface area contributed by atoms with Gasteiger partial charge in [-0.3, -0.25) is 0 Å². The first kappa shape index (κ1) is 37.0. The molecule has 0 aliphatic heterocycles. The van der Waals surface area contributed by atoms with Gasteiger partial charge in [0.25, 0.3) is 0 Å². The van der Waals surface area contributed by atoms with E-state index in [1.54, 1.807) is 0 Å². The van der Waals surface area contributed by atoms with E-state index in [1.165, 1.54) is 25.5 Å². The van der Waals surface area contributed by atoms with Crippen LogP contribution in [0.5, 0.6) is 0 Å². The maximum Gasteiger partial charge on any atom is 0.460 e. The Morgan fingerprint density at radius 1 is 0.478 bits per heavy atom. The molecule has 0 amide bonds. The predicted molar refractivity (Wildman–Crippen MR) is 139 cm³/mol. The van der Waals surface area contributed by atoms with E-state index in [0.717, 1.165) is 0 Å². The largest absolute Gasteiger partial charge is 0.743 e. The van der Waals surface area contributed by atoms with Crippen LogP contribution < -0.4 is 0 Å². The van der Waals surface area contributed by atoms with Crippen LogP contribution >= 0.6 is 0 Å². The lowest BCUT2D eigenvalue weighted by atomic mass is 9.98. The lowest BCUT2D eigenvalue weighted by Gasteiger charge is -2.39. The summed E-state index contributed by atoms with van der Waals surface area (Å²) in [4.78, 5) is 4.10. The summed E-state index contributed by atoms with van der Waals surface area (Å²) in [6, 6.07) is 36.9. The van der Waals surface area contributed by atoms with Gasteiger partial charge in [-0.25, -0.2) is 8.42 Å². The molecule has 0 bridgehead atoms. The molecule has 0 aromatic heterocycles. The predicted octanol–water partition coefficient (Wildman–Crippen LogP) is 9.16. The third kappa shape index (κ3) is 6.38. The molecule has 4 aromatic rings. The zero-order valence-corrected chi connectivity index (χ0v) is 23.9. The van der Waals surface area contributed by atoms with Crippen LogP contribution in [0.15, 0.2) is 118 Å². The van der Waals surface area contributed by atoms with Crippen LogP contribution in [0.3, 0.4) is 0 Å². The molecule has 0 saturated carbocycles. The highest BCUT2D eigenvalue weighted by molar-refractivity contribution is 7.97. The van der Waals surface area contributed by atoms with Crippen molar-refractivity contribution in [3.05, 3.63) is 103 Å². The molecule has 0 radical (unpaired) electrons. The molecule has 0 spiro atoms. The molecule has 250 valence electrons. The Labute approximate surface area is 254 Å². The summed E-state index contributed by atoms with van der Waals surface area (Å²) in [5.74, 6) is -32.6. The summed E-state index contributed by atoms with van der Waals surface area (Å²) in [5, 5.41) is -4.99. The highest BCUT2D eigenvalue weighted by Gasteiger charge is 2.91. The van der Waals surface area contributed by atoms with Crippen molar-refractivity contribution in [2.75, 3.05) is 0 Å². The number of benzene rings is 4. The quantitative estimate of drug-likeness (QED) is 0.104. The topological polar surface area (TPSA) is 57.2 Å². The van der Waals surface area contributed by atoms with Crippen molar-refractivity contribution in [2.24, 2.45) is 0 Å². The monoisotopic (exact) mass is 712 g/mol. The Bertz CT molecular complexity index is 1700. The Balaban J connectivity index is 0.000000250. The van der Waals surface area contributed by atoms with Gasteiger partial charge in [-0.15, -0.1) is 0 Å². The smallest absolute Gasteiger partial charge is 0.460 e. The molecule has 0 unspecified atom stereocenters. The van der Waals surface area contributed by atoms with Gasteiger partial charge in [-0.2, -0.15) is 57.1 Å². The van der Waals surface area contributed by atoms with Gasteiger partial charge in [-0.05, 0) is 41.8 Å². The van der Waals surface area contributed by atoms with Crippen LogP contribution in [0.1, 0.15) is 0 Å². The molecular weight excluding hydrogens is 695 g/mol. The van der Waals surface area contributed by atoms with Crippen molar-refractivity contribution in [1.29, 1.82) is 0 Å². The van der Waals surface area contributed by atoms with Crippen molar-refractivity contribution in [3.8, 4) is 0 Å². The molecule has 46 heavy (non-hydrogen) atoms. The van der Waals surface area contributed by atoms with Crippen LogP contribution in [-0.2, 0) is 21.0 Å². The Kier molecular flexibility index (Phi) is 10.1. The van der Waals surface area contributed by atoms with Gasteiger partial charge in [-0.1, -0.05) is 66.7 Å². The maximum absolute atomic E-state index is 12.7. The molecule has 4 rings (SSSR count). The molecule has 0 saturated heterocycles. The second-order valence-corrected chi connectivity index (χ2v) is 12.6. The lowest BCUT2D eigenvalue weighted by molar-refractivity contribution is -0.433. The molecule has 18 heteroatoms. The van der Waals surface area contributed by atoms with E-state index in [1.807, 2.05) is 0 Å². The Morgan fingerprint density at radius 3 is 1.30 bits per heavy atom. The summed E-state index contributed by atoms with van der Waals surface area (Å²) in [7, 11) is -7.95. The van der Waals surface area contributed by atoms with Gasteiger partial charge in [0.2, 0.25) is 0 Å². The van der Waals surface area contributed by atoms with Crippen molar-refractivity contribution < 1.29 is 70.0 Å². The fraction of sp³-hybridized carbons (Fsp3) is 0.214. The second kappa shape index (κ2) is 12.6. The minimum atomic E-state index is -8.29. The van der Waals surface area contributed by atoms with E-state index in [9.17, 15) is 70.0 Å². The molecule has 4 aromatic carbocycles. The first-order valence-corrected chi connectivity index (χ1v) is 14.8. The molecule has 0 fully saturated rings. The van der Waals surface area contributed by atoms with Crippen LogP contribution in [0.4, 0.5) is 57.1 Å². The van der Waals surface area contributed by atoms with E-state index in [-0.39, 0.29) is 10.9 Å². The van der Waals surface area contributed by atoms with Gasteiger partial charge in [0, 0.05) is 5.39 Å². The molecule has 0 aliphatic carbocycles. The van der Waals surface area contributed by atoms with E-state index in [0.29, 0.717) is 0 Å². The van der Waals surface area contributed by atoms with Crippen LogP contribution in [0.25, 0.3) is 10.8 Å². The normalized spacial score (nSPS) is 13.8. The van der Waals surface area contributed by atoms with Crippen molar-refractivity contribution in [3.63, 3.8) is 0 Å².